The summed E-state index contributed by atoms with van der Waals surface area (Å²) >= 11 is 0. The van der Waals surface area contributed by atoms with Gasteiger partial charge in [0.2, 0.25) is 0 Å². The number of nitrogens with one attached hydrogen (secondary N) is 1. The molecule has 0 saturated carbocycles. The molecule has 3 rings (SSSR count). The number of nitriles is 1. The Kier molecular flexibility index (Phi) is 5.48. The molecule has 27 heavy (non-hydrogen) atoms. The maximum Gasteiger partial charge on any atom is 0.280 e. The number of fused-ring (bicyclic) bond motifs is 1. The second-order valence-corrected chi connectivity index (χ2v) is 6.13. The van der Waals surface area contributed by atoms with Gasteiger partial charge in [-0.05, 0) is 60.5 Å². The van der Waals surface area contributed by atoms with Crippen molar-refractivity contribution in [3.63, 3.8) is 0 Å². The van der Waals surface area contributed by atoms with E-state index in [0.717, 1.165) is 16.3 Å². The number of nitrogens with zero attached hydrogens (tertiary/aromatic N) is 2. The summed E-state index contributed by atoms with van der Waals surface area (Å²) < 4.78 is 5.58. The van der Waals surface area contributed by atoms with Gasteiger partial charge < -0.3 is 4.74 Å². The predicted octanol–water partition coefficient (Wildman–Crippen LogP) is 4.02. The molecule has 1 atom stereocenters. The lowest BCUT2D eigenvalue weighted by molar-refractivity contribution is -0.127. The van der Waals surface area contributed by atoms with E-state index in [2.05, 4.69) is 16.6 Å². The van der Waals surface area contributed by atoms with Gasteiger partial charge in [0.25, 0.3) is 5.91 Å². The first-order valence-corrected chi connectivity index (χ1v) is 8.57. The van der Waals surface area contributed by atoms with Crippen molar-refractivity contribution in [3.05, 3.63) is 77.9 Å². The summed E-state index contributed by atoms with van der Waals surface area (Å²) in [4.78, 5) is 12.2. The van der Waals surface area contributed by atoms with Gasteiger partial charge in [-0.15, -0.1) is 0 Å². The van der Waals surface area contributed by atoms with Crippen LogP contribution in [-0.4, -0.2) is 17.7 Å². The molecule has 0 aliphatic carbocycles. The Labute approximate surface area is 157 Å². The van der Waals surface area contributed by atoms with E-state index < -0.39 is 6.10 Å². The van der Waals surface area contributed by atoms with Crippen molar-refractivity contribution in [2.75, 3.05) is 0 Å². The standard InChI is InChI=1S/C22H19N3O2/c1-15(19-10-9-18-5-3-4-6-20(18)13-19)24-25-22(26)16(2)27-21-11-7-17(14-23)8-12-21/h3-13,16H,1-2H3,(H,25,26)/b24-15+. The molecular formula is C22H19N3O2. The average Bonchev–Trinajstić information content (AvgIpc) is 2.71. The smallest absolute Gasteiger partial charge is 0.280 e. The van der Waals surface area contributed by atoms with Gasteiger partial charge in [-0.2, -0.15) is 10.4 Å². The zero-order valence-electron chi connectivity index (χ0n) is 15.1. The van der Waals surface area contributed by atoms with E-state index in [0.29, 0.717) is 17.0 Å². The zero-order chi connectivity index (χ0) is 19.2. The molecule has 5 heteroatoms. The fourth-order valence-corrected chi connectivity index (χ4v) is 2.57. The van der Waals surface area contributed by atoms with Gasteiger partial charge in [0.15, 0.2) is 6.10 Å². The Morgan fingerprint density at radius 2 is 1.78 bits per heavy atom. The Bertz CT molecular complexity index is 1030. The summed E-state index contributed by atoms with van der Waals surface area (Å²) in [5.41, 5.74) is 4.73. The van der Waals surface area contributed by atoms with Crippen LogP contribution in [0.15, 0.2) is 71.8 Å². The summed E-state index contributed by atoms with van der Waals surface area (Å²) in [5.74, 6) is 0.173. The third kappa shape index (κ3) is 4.50. The molecule has 1 unspecified atom stereocenters. The molecule has 0 fully saturated rings. The molecule has 0 aliphatic rings. The van der Waals surface area contributed by atoms with Crippen LogP contribution in [0.4, 0.5) is 0 Å². The minimum Gasteiger partial charge on any atom is -0.481 e. The number of amides is 1. The van der Waals surface area contributed by atoms with Gasteiger partial charge in [0.05, 0.1) is 17.3 Å². The molecule has 0 saturated heterocycles. The number of rotatable bonds is 5. The highest BCUT2D eigenvalue weighted by Gasteiger charge is 2.14. The maximum absolute atomic E-state index is 12.2. The van der Waals surface area contributed by atoms with Crippen LogP contribution in [0, 0.1) is 11.3 Å². The maximum atomic E-state index is 12.2. The Morgan fingerprint density at radius 1 is 1.07 bits per heavy atom. The van der Waals surface area contributed by atoms with Gasteiger partial charge in [-0.1, -0.05) is 36.4 Å². The third-order valence-electron chi connectivity index (χ3n) is 4.17. The number of carbonyl (C=O) groups excluding carboxylic acids is 1. The van der Waals surface area contributed by atoms with Gasteiger partial charge >= 0.3 is 0 Å². The zero-order valence-corrected chi connectivity index (χ0v) is 15.1. The molecule has 3 aromatic carbocycles. The number of hydrazone groups is 1. The van der Waals surface area contributed by atoms with Crippen molar-refractivity contribution in [2.24, 2.45) is 5.10 Å². The second kappa shape index (κ2) is 8.15. The molecular weight excluding hydrogens is 338 g/mol. The largest absolute Gasteiger partial charge is 0.481 e. The van der Waals surface area contributed by atoms with Crippen molar-refractivity contribution in [1.82, 2.24) is 5.43 Å². The first-order valence-electron chi connectivity index (χ1n) is 8.57. The first kappa shape index (κ1) is 18.2. The van der Waals surface area contributed by atoms with E-state index in [1.54, 1.807) is 31.2 Å². The van der Waals surface area contributed by atoms with Crippen LogP contribution in [0.1, 0.15) is 25.0 Å². The van der Waals surface area contributed by atoms with Crippen LogP contribution in [0.2, 0.25) is 0 Å². The molecule has 1 amide bonds. The topological polar surface area (TPSA) is 74.5 Å². The highest BCUT2D eigenvalue weighted by atomic mass is 16.5. The number of ether oxygens (including phenoxy) is 1. The predicted molar refractivity (Wildman–Crippen MR) is 106 cm³/mol. The van der Waals surface area contributed by atoms with Crippen molar-refractivity contribution in [2.45, 2.75) is 20.0 Å². The van der Waals surface area contributed by atoms with Gasteiger partial charge in [-0.25, -0.2) is 5.43 Å². The van der Waals surface area contributed by atoms with Gasteiger partial charge in [-0.3, -0.25) is 4.79 Å². The van der Waals surface area contributed by atoms with Crippen LogP contribution < -0.4 is 10.2 Å². The van der Waals surface area contributed by atoms with Crippen molar-refractivity contribution >= 4 is 22.4 Å². The van der Waals surface area contributed by atoms with E-state index in [-0.39, 0.29) is 5.91 Å². The van der Waals surface area contributed by atoms with Crippen LogP contribution >= 0.6 is 0 Å². The number of hydrogen-bond acceptors (Lipinski definition) is 4. The van der Waals surface area contributed by atoms with Gasteiger partial charge in [0, 0.05) is 0 Å². The van der Waals surface area contributed by atoms with E-state index in [1.165, 1.54) is 0 Å². The van der Waals surface area contributed by atoms with Gasteiger partial charge in [0.1, 0.15) is 5.75 Å². The molecule has 0 spiro atoms. The van der Waals surface area contributed by atoms with Crippen molar-refractivity contribution in [1.29, 1.82) is 5.26 Å². The van der Waals surface area contributed by atoms with E-state index >= 15 is 0 Å². The highest BCUT2D eigenvalue weighted by molar-refractivity contribution is 6.02. The van der Waals surface area contributed by atoms with Crippen LogP contribution in [-0.2, 0) is 4.79 Å². The second-order valence-electron chi connectivity index (χ2n) is 6.13. The van der Waals surface area contributed by atoms with E-state index in [1.807, 2.05) is 49.4 Å². The fourth-order valence-electron chi connectivity index (χ4n) is 2.57. The minimum atomic E-state index is -0.717. The Morgan fingerprint density at radius 3 is 2.48 bits per heavy atom. The van der Waals surface area contributed by atoms with E-state index in [4.69, 9.17) is 10.00 Å². The van der Waals surface area contributed by atoms with Crippen LogP contribution in [0.5, 0.6) is 5.75 Å². The lowest BCUT2D eigenvalue weighted by Crippen LogP contribution is -2.33. The molecule has 0 aromatic heterocycles. The molecule has 0 aliphatic heterocycles. The molecule has 0 bridgehead atoms. The first-order chi connectivity index (χ1) is 13.1. The molecule has 134 valence electrons. The minimum absolute atomic E-state index is 0.348. The monoisotopic (exact) mass is 357 g/mol. The molecule has 5 nitrogen and oxygen atoms in total. The summed E-state index contributed by atoms with van der Waals surface area (Å²) in [7, 11) is 0. The number of carbonyl (C=O) groups is 1. The van der Waals surface area contributed by atoms with Crippen LogP contribution in [0.3, 0.4) is 0 Å². The lowest BCUT2D eigenvalue weighted by atomic mass is 10.0. The molecule has 0 radical (unpaired) electrons. The Hall–Kier alpha value is -3.65. The SMILES string of the molecule is C/C(=N\NC(=O)C(C)Oc1ccc(C#N)cc1)c1ccc2ccccc2c1. The van der Waals surface area contributed by atoms with Crippen LogP contribution in [0.25, 0.3) is 10.8 Å². The normalized spacial score (nSPS) is 12.3. The number of benzene rings is 3. The van der Waals surface area contributed by atoms with Crippen molar-refractivity contribution < 1.29 is 9.53 Å². The molecule has 3 aromatic rings. The third-order valence-corrected chi connectivity index (χ3v) is 4.17. The highest BCUT2D eigenvalue weighted by Crippen LogP contribution is 2.16. The van der Waals surface area contributed by atoms with E-state index in [9.17, 15) is 4.79 Å². The van der Waals surface area contributed by atoms with Crippen molar-refractivity contribution in [3.8, 4) is 11.8 Å². The number of hydrogen-bond donors (Lipinski definition) is 1. The molecule has 0 heterocycles. The Balaban J connectivity index is 1.64. The molecule has 1 N–H and O–H groups in total. The fraction of sp³-hybridized carbons (Fsp3) is 0.136. The lowest BCUT2D eigenvalue weighted by Gasteiger charge is -2.13. The summed E-state index contributed by atoms with van der Waals surface area (Å²) in [6, 6.07) is 22.8. The summed E-state index contributed by atoms with van der Waals surface area (Å²) in [6.07, 6.45) is -0.717. The summed E-state index contributed by atoms with van der Waals surface area (Å²) in [5, 5.41) is 15.3. The summed E-state index contributed by atoms with van der Waals surface area (Å²) in [6.45, 7) is 3.49. The quantitative estimate of drug-likeness (QED) is 0.553. The average molecular weight is 357 g/mol.